The van der Waals surface area contributed by atoms with E-state index in [1.165, 1.54) is 10.9 Å². The van der Waals surface area contributed by atoms with Gasteiger partial charge >= 0.3 is 5.97 Å². The lowest BCUT2D eigenvalue weighted by Gasteiger charge is -2.47. The smallest absolute Gasteiger partial charge is 0.312 e. The van der Waals surface area contributed by atoms with Gasteiger partial charge in [0.25, 0.3) is 0 Å². The van der Waals surface area contributed by atoms with Crippen molar-refractivity contribution in [3.63, 3.8) is 0 Å². The minimum atomic E-state index is -0.758. The Labute approximate surface area is 228 Å². The molecule has 0 unspecified atom stereocenters. The highest BCUT2D eigenvalue weighted by Gasteiger charge is 2.67. The summed E-state index contributed by atoms with van der Waals surface area (Å²) < 4.78 is 13.1. The monoisotopic (exact) mass is 576 g/mol. The van der Waals surface area contributed by atoms with Crippen molar-refractivity contribution in [2.75, 3.05) is 19.8 Å². The first kappa shape index (κ1) is 23.3. The fourth-order valence-electron chi connectivity index (χ4n) is 7.18. The van der Waals surface area contributed by atoms with Crippen LogP contribution in [0.25, 0.3) is 10.9 Å². The quantitative estimate of drug-likeness (QED) is 0.278. The highest BCUT2D eigenvalue weighted by molar-refractivity contribution is 9.10. The van der Waals surface area contributed by atoms with Crippen LogP contribution in [0.4, 0.5) is 0 Å². The molecule has 4 atom stereocenters. The molecule has 0 spiro atoms. The molecule has 37 heavy (non-hydrogen) atoms. The number of para-hydroxylation sites is 1. The third-order valence-electron chi connectivity index (χ3n) is 8.42. The molecule has 1 saturated heterocycles. The summed E-state index contributed by atoms with van der Waals surface area (Å²) in [6, 6.07) is 22.6. The number of aromatic amines is 1. The van der Waals surface area contributed by atoms with Gasteiger partial charge in [0.15, 0.2) is 0 Å². The Bertz CT molecular complexity index is 1530. The molecule has 1 N–H and O–H groups in total. The van der Waals surface area contributed by atoms with E-state index in [0.29, 0.717) is 18.2 Å². The summed E-state index contributed by atoms with van der Waals surface area (Å²) in [6.07, 6.45) is 0.887. The number of ether oxygens (including phenoxy) is 2. The molecule has 188 valence electrons. The number of esters is 1. The summed E-state index contributed by atoms with van der Waals surface area (Å²) in [4.78, 5) is 20.4. The number of nitrogens with one attached hydrogen (secondary N) is 1. The number of rotatable bonds is 3. The summed E-state index contributed by atoms with van der Waals surface area (Å²) in [5.41, 5.74) is 4.81. The standard InChI is InChI=1S/C30H26BrClN2O3/c1-2-36-29(35)26-23-16-37-25-12-9-18(31)15-22(25)27(23)34-14-13-21-20-5-3-4-6-24(20)33-28(21)30(26,34)17-7-10-19(32)11-8-17/h3-12,15,23,26-27,33H,2,13-14,16H2,1H3/t23-,26+,27+,30+/m1/s1. The van der Waals surface area contributed by atoms with Gasteiger partial charge in [-0.1, -0.05) is 57.9 Å². The molecular weight excluding hydrogens is 552 g/mol. The van der Waals surface area contributed by atoms with E-state index in [1.807, 2.05) is 31.2 Å². The number of carbonyl (C=O) groups is 1. The molecular formula is C30H26BrClN2O3. The number of fused-ring (bicyclic) bond motifs is 9. The Balaban J connectivity index is 1.57. The second-order valence-electron chi connectivity index (χ2n) is 10.1. The van der Waals surface area contributed by atoms with Crippen LogP contribution >= 0.6 is 27.5 Å². The molecule has 1 fully saturated rings. The van der Waals surface area contributed by atoms with Gasteiger partial charge in [-0.3, -0.25) is 9.69 Å². The zero-order valence-corrected chi connectivity index (χ0v) is 22.7. The average Bonchev–Trinajstić information content (AvgIpc) is 3.43. The SMILES string of the molecule is CCOC(=O)[C@@H]1[C@H]2COc3ccc(Br)cc3[C@@H]2N2CCc3c([nH]c4ccccc34)[C@]12c1ccc(Cl)cc1. The van der Waals surface area contributed by atoms with Crippen LogP contribution in [0.5, 0.6) is 5.75 Å². The molecule has 7 rings (SSSR count). The summed E-state index contributed by atoms with van der Waals surface area (Å²) in [5, 5.41) is 1.88. The lowest BCUT2D eigenvalue weighted by Crippen LogP contribution is -2.53. The van der Waals surface area contributed by atoms with E-state index in [1.54, 1.807) is 0 Å². The molecule has 4 aromatic rings. The van der Waals surface area contributed by atoms with Gasteiger partial charge in [-0.2, -0.15) is 0 Å². The maximum Gasteiger partial charge on any atom is 0.312 e. The van der Waals surface area contributed by atoms with Crippen molar-refractivity contribution in [3.05, 3.63) is 98.6 Å². The highest BCUT2D eigenvalue weighted by Crippen LogP contribution is 2.63. The first-order valence-electron chi connectivity index (χ1n) is 12.8. The van der Waals surface area contributed by atoms with Crippen LogP contribution in [0.15, 0.2) is 71.2 Å². The van der Waals surface area contributed by atoms with Crippen LogP contribution in [-0.4, -0.2) is 35.6 Å². The van der Waals surface area contributed by atoms with Gasteiger partial charge in [0.2, 0.25) is 0 Å². The van der Waals surface area contributed by atoms with Crippen LogP contribution in [0.3, 0.4) is 0 Å². The van der Waals surface area contributed by atoms with Crippen molar-refractivity contribution < 1.29 is 14.3 Å². The number of hydrogen-bond donors (Lipinski definition) is 1. The fraction of sp³-hybridized carbons (Fsp3) is 0.300. The molecule has 1 aromatic heterocycles. The molecule has 3 aliphatic heterocycles. The lowest BCUT2D eigenvalue weighted by atomic mass is 9.70. The van der Waals surface area contributed by atoms with Crippen molar-refractivity contribution in [2.45, 2.75) is 24.9 Å². The van der Waals surface area contributed by atoms with E-state index in [9.17, 15) is 4.79 Å². The van der Waals surface area contributed by atoms with Gasteiger partial charge in [0.1, 0.15) is 11.3 Å². The van der Waals surface area contributed by atoms with Crippen molar-refractivity contribution in [1.82, 2.24) is 9.88 Å². The second kappa shape index (κ2) is 8.62. The summed E-state index contributed by atoms with van der Waals surface area (Å²) in [7, 11) is 0. The molecule has 3 aromatic carbocycles. The van der Waals surface area contributed by atoms with E-state index >= 15 is 0 Å². The Hall–Kier alpha value is -2.80. The Kier molecular flexibility index (Phi) is 5.43. The predicted molar refractivity (Wildman–Crippen MR) is 147 cm³/mol. The van der Waals surface area contributed by atoms with E-state index in [0.717, 1.165) is 45.5 Å². The van der Waals surface area contributed by atoms with Gasteiger partial charge in [-0.25, -0.2) is 0 Å². The normalized spacial score (nSPS) is 26.1. The zero-order chi connectivity index (χ0) is 25.3. The van der Waals surface area contributed by atoms with Crippen LogP contribution in [0.2, 0.25) is 5.02 Å². The topological polar surface area (TPSA) is 54.6 Å². The predicted octanol–water partition coefficient (Wildman–Crippen LogP) is 6.63. The van der Waals surface area contributed by atoms with Gasteiger partial charge in [-0.05, 0) is 60.9 Å². The number of nitrogens with zero attached hydrogens (tertiary/aromatic N) is 1. The maximum absolute atomic E-state index is 14.1. The molecule has 0 radical (unpaired) electrons. The van der Waals surface area contributed by atoms with Crippen molar-refractivity contribution in [2.24, 2.45) is 11.8 Å². The van der Waals surface area contributed by atoms with Crippen LogP contribution in [-0.2, 0) is 21.5 Å². The zero-order valence-electron chi connectivity index (χ0n) is 20.3. The Morgan fingerprint density at radius 2 is 2.00 bits per heavy atom. The van der Waals surface area contributed by atoms with E-state index in [-0.39, 0.29) is 17.9 Å². The molecule has 0 saturated carbocycles. The molecule has 0 bridgehead atoms. The minimum absolute atomic E-state index is 0.00843. The van der Waals surface area contributed by atoms with Crippen molar-refractivity contribution in [3.8, 4) is 5.75 Å². The van der Waals surface area contributed by atoms with Gasteiger partial charge in [0, 0.05) is 50.2 Å². The molecule has 5 nitrogen and oxygen atoms in total. The second-order valence-corrected chi connectivity index (χ2v) is 11.4. The summed E-state index contributed by atoms with van der Waals surface area (Å²) in [6.45, 7) is 3.45. The number of H-pyrrole nitrogens is 1. The summed E-state index contributed by atoms with van der Waals surface area (Å²) in [5.74, 6) is 0.122. The van der Waals surface area contributed by atoms with Crippen molar-refractivity contribution in [1.29, 1.82) is 0 Å². The third-order valence-corrected chi connectivity index (χ3v) is 9.16. The minimum Gasteiger partial charge on any atom is -0.493 e. The van der Waals surface area contributed by atoms with E-state index in [4.69, 9.17) is 21.1 Å². The van der Waals surface area contributed by atoms with Crippen LogP contribution in [0.1, 0.15) is 35.3 Å². The summed E-state index contributed by atoms with van der Waals surface area (Å²) >= 11 is 10.0. The number of aromatic nitrogens is 1. The third kappa shape index (κ3) is 3.22. The molecule has 3 aliphatic rings. The van der Waals surface area contributed by atoms with E-state index < -0.39 is 11.5 Å². The number of carbonyl (C=O) groups excluding carboxylic acids is 1. The van der Waals surface area contributed by atoms with Crippen LogP contribution < -0.4 is 4.74 Å². The highest BCUT2D eigenvalue weighted by atomic mass is 79.9. The Morgan fingerprint density at radius 3 is 2.81 bits per heavy atom. The molecule has 7 heteroatoms. The number of hydrogen-bond acceptors (Lipinski definition) is 4. The largest absolute Gasteiger partial charge is 0.493 e. The van der Waals surface area contributed by atoms with Gasteiger partial charge < -0.3 is 14.5 Å². The average molecular weight is 578 g/mol. The van der Waals surface area contributed by atoms with Gasteiger partial charge in [0.05, 0.1) is 19.1 Å². The number of benzene rings is 3. The molecule has 4 heterocycles. The van der Waals surface area contributed by atoms with E-state index in [2.05, 4.69) is 68.3 Å². The maximum atomic E-state index is 14.1. The Morgan fingerprint density at radius 1 is 1.19 bits per heavy atom. The molecule has 0 amide bonds. The first-order valence-corrected chi connectivity index (χ1v) is 13.9. The lowest BCUT2D eigenvalue weighted by molar-refractivity contribution is -0.152. The molecule has 0 aliphatic carbocycles. The first-order chi connectivity index (χ1) is 18.0. The van der Waals surface area contributed by atoms with Crippen molar-refractivity contribution >= 4 is 44.4 Å². The fourth-order valence-corrected chi connectivity index (χ4v) is 7.68. The van der Waals surface area contributed by atoms with Crippen LogP contribution in [0, 0.1) is 11.8 Å². The van der Waals surface area contributed by atoms with Gasteiger partial charge in [-0.15, -0.1) is 0 Å². The number of halogens is 2.